The Morgan fingerprint density at radius 3 is 3.16 bits per heavy atom. The number of hydrogen-bond donors (Lipinski definition) is 1. The molecule has 5 heteroatoms. The lowest BCUT2D eigenvalue weighted by Gasteiger charge is -2.25. The maximum Gasteiger partial charge on any atom is 0.123 e. The van der Waals surface area contributed by atoms with E-state index >= 15 is 0 Å². The molecule has 1 aromatic heterocycles. The molecule has 0 amide bonds. The lowest BCUT2D eigenvalue weighted by atomic mass is 10.0. The van der Waals surface area contributed by atoms with E-state index in [0.717, 1.165) is 29.3 Å². The maximum absolute atomic E-state index is 13.4. The third-order valence-corrected chi connectivity index (χ3v) is 5.24. The van der Waals surface area contributed by atoms with Gasteiger partial charge in [-0.15, -0.1) is 23.1 Å². The number of hydrogen-bond acceptors (Lipinski definition) is 4. The van der Waals surface area contributed by atoms with Crippen LogP contribution in [-0.2, 0) is 6.54 Å². The average Bonchev–Trinajstić information content (AvgIpc) is 2.82. The number of thioether (sulfide) groups is 1. The van der Waals surface area contributed by atoms with Crippen molar-refractivity contribution in [1.29, 1.82) is 0 Å². The van der Waals surface area contributed by atoms with Gasteiger partial charge in [-0.05, 0) is 42.9 Å². The summed E-state index contributed by atoms with van der Waals surface area (Å²) in [6.07, 6.45) is 2.95. The van der Waals surface area contributed by atoms with Crippen molar-refractivity contribution < 1.29 is 4.39 Å². The minimum Gasteiger partial charge on any atom is -0.305 e. The van der Waals surface area contributed by atoms with Crippen molar-refractivity contribution in [3.8, 4) is 0 Å². The Labute approximate surface area is 120 Å². The van der Waals surface area contributed by atoms with Crippen LogP contribution in [0.5, 0.6) is 0 Å². The molecule has 0 fully saturated rings. The Bertz CT molecular complexity index is 583. The van der Waals surface area contributed by atoms with E-state index in [4.69, 9.17) is 0 Å². The molecule has 2 heterocycles. The SMILES string of the molecule is Cc1ncc(CNC2CCSc3ccc(F)cc32)s1. The Hall–Kier alpha value is -0.910. The van der Waals surface area contributed by atoms with Gasteiger partial charge in [0, 0.05) is 28.6 Å². The standard InChI is InChI=1S/C14H15FN2S2/c1-9-16-7-11(19-9)8-17-13-4-5-18-14-3-2-10(15)6-12(13)14/h2-3,6-7,13,17H,4-5,8H2,1H3. The van der Waals surface area contributed by atoms with E-state index in [1.54, 1.807) is 23.5 Å². The Morgan fingerprint density at radius 2 is 2.37 bits per heavy atom. The summed E-state index contributed by atoms with van der Waals surface area (Å²) >= 11 is 3.52. The predicted molar refractivity (Wildman–Crippen MR) is 78.2 cm³/mol. The molecule has 1 unspecified atom stereocenters. The highest BCUT2D eigenvalue weighted by atomic mass is 32.2. The first-order chi connectivity index (χ1) is 9.22. The molecule has 19 heavy (non-hydrogen) atoms. The fraction of sp³-hybridized carbons (Fsp3) is 0.357. The van der Waals surface area contributed by atoms with Crippen molar-refractivity contribution in [2.45, 2.75) is 30.8 Å². The number of thiazole rings is 1. The number of nitrogens with one attached hydrogen (secondary N) is 1. The summed E-state index contributed by atoms with van der Waals surface area (Å²) < 4.78 is 13.4. The summed E-state index contributed by atoms with van der Waals surface area (Å²) in [5, 5.41) is 4.61. The van der Waals surface area contributed by atoms with Crippen LogP contribution in [0.1, 0.15) is 27.9 Å². The summed E-state index contributed by atoms with van der Waals surface area (Å²) in [5.41, 5.74) is 1.09. The molecule has 2 aromatic rings. The van der Waals surface area contributed by atoms with Crippen molar-refractivity contribution in [2.75, 3.05) is 5.75 Å². The van der Waals surface area contributed by atoms with Crippen LogP contribution in [0.2, 0.25) is 0 Å². The second kappa shape index (κ2) is 5.61. The third-order valence-electron chi connectivity index (χ3n) is 3.20. The van der Waals surface area contributed by atoms with E-state index in [9.17, 15) is 4.39 Å². The highest BCUT2D eigenvalue weighted by molar-refractivity contribution is 7.99. The van der Waals surface area contributed by atoms with Crippen LogP contribution in [0.15, 0.2) is 29.3 Å². The van der Waals surface area contributed by atoms with Gasteiger partial charge in [-0.1, -0.05) is 0 Å². The minimum atomic E-state index is -0.151. The number of benzene rings is 1. The molecule has 0 spiro atoms. The summed E-state index contributed by atoms with van der Waals surface area (Å²) in [4.78, 5) is 6.68. The molecule has 0 saturated heterocycles. The quantitative estimate of drug-likeness (QED) is 0.929. The van der Waals surface area contributed by atoms with E-state index in [2.05, 4.69) is 10.3 Å². The van der Waals surface area contributed by atoms with Gasteiger partial charge in [0.25, 0.3) is 0 Å². The fourth-order valence-corrected chi connectivity index (χ4v) is 4.14. The zero-order chi connectivity index (χ0) is 13.2. The number of halogens is 1. The maximum atomic E-state index is 13.4. The molecule has 100 valence electrons. The van der Waals surface area contributed by atoms with Crippen LogP contribution in [-0.4, -0.2) is 10.7 Å². The lowest BCUT2D eigenvalue weighted by Crippen LogP contribution is -2.24. The van der Waals surface area contributed by atoms with E-state index in [0.29, 0.717) is 0 Å². The second-order valence-corrected chi connectivity index (χ2v) is 7.05. The molecular formula is C14H15FN2S2. The molecule has 1 N–H and O–H groups in total. The first kappa shape index (κ1) is 13.1. The van der Waals surface area contributed by atoms with Gasteiger partial charge in [-0.25, -0.2) is 9.37 Å². The molecule has 0 radical (unpaired) electrons. The van der Waals surface area contributed by atoms with Crippen LogP contribution in [0.3, 0.4) is 0 Å². The summed E-state index contributed by atoms with van der Waals surface area (Å²) in [6, 6.07) is 5.34. The number of rotatable bonds is 3. The molecule has 1 aliphatic rings. The van der Waals surface area contributed by atoms with Crippen LogP contribution in [0.25, 0.3) is 0 Å². The highest BCUT2D eigenvalue weighted by Crippen LogP contribution is 2.36. The molecule has 0 bridgehead atoms. The van der Waals surface area contributed by atoms with Crippen molar-refractivity contribution in [1.82, 2.24) is 10.3 Å². The first-order valence-corrected chi connectivity index (χ1v) is 8.09. The first-order valence-electron chi connectivity index (χ1n) is 6.29. The van der Waals surface area contributed by atoms with E-state index < -0.39 is 0 Å². The zero-order valence-electron chi connectivity index (χ0n) is 10.6. The van der Waals surface area contributed by atoms with Gasteiger partial charge in [-0.3, -0.25) is 0 Å². The molecule has 1 aliphatic heterocycles. The number of fused-ring (bicyclic) bond motifs is 1. The van der Waals surface area contributed by atoms with E-state index in [1.165, 1.54) is 9.77 Å². The van der Waals surface area contributed by atoms with Crippen LogP contribution in [0, 0.1) is 12.7 Å². The van der Waals surface area contributed by atoms with Gasteiger partial charge in [-0.2, -0.15) is 0 Å². The molecule has 0 saturated carbocycles. The van der Waals surface area contributed by atoms with Crippen LogP contribution >= 0.6 is 23.1 Å². The van der Waals surface area contributed by atoms with Crippen LogP contribution in [0.4, 0.5) is 4.39 Å². The fourth-order valence-electron chi connectivity index (χ4n) is 2.29. The predicted octanol–water partition coefficient (Wildman–Crippen LogP) is 3.92. The summed E-state index contributed by atoms with van der Waals surface area (Å²) in [5.74, 6) is 0.930. The zero-order valence-corrected chi connectivity index (χ0v) is 12.3. The van der Waals surface area contributed by atoms with Crippen molar-refractivity contribution in [2.24, 2.45) is 0 Å². The topological polar surface area (TPSA) is 24.9 Å². The molecule has 0 aliphatic carbocycles. The smallest absolute Gasteiger partial charge is 0.123 e. The van der Waals surface area contributed by atoms with Gasteiger partial charge in [0.2, 0.25) is 0 Å². The molecule has 3 rings (SSSR count). The Kier molecular flexibility index (Phi) is 3.86. The van der Waals surface area contributed by atoms with Crippen molar-refractivity contribution >= 4 is 23.1 Å². The largest absolute Gasteiger partial charge is 0.305 e. The summed E-state index contributed by atoms with van der Waals surface area (Å²) in [7, 11) is 0. The number of nitrogens with zero attached hydrogens (tertiary/aromatic N) is 1. The van der Waals surface area contributed by atoms with E-state index in [1.807, 2.05) is 30.9 Å². The third kappa shape index (κ3) is 2.99. The van der Waals surface area contributed by atoms with Gasteiger partial charge < -0.3 is 5.32 Å². The Morgan fingerprint density at radius 1 is 1.47 bits per heavy atom. The van der Waals surface area contributed by atoms with Gasteiger partial charge in [0.15, 0.2) is 0 Å². The highest BCUT2D eigenvalue weighted by Gasteiger charge is 2.20. The van der Waals surface area contributed by atoms with Gasteiger partial charge in [0.05, 0.1) is 5.01 Å². The van der Waals surface area contributed by atoms with Gasteiger partial charge >= 0.3 is 0 Å². The second-order valence-electron chi connectivity index (χ2n) is 4.60. The van der Waals surface area contributed by atoms with Crippen molar-refractivity contribution in [3.05, 3.63) is 45.7 Å². The molecule has 1 aromatic carbocycles. The van der Waals surface area contributed by atoms with Gasteiger partial charge in [0.1, 0.15) is 5.82 Å². The molecule has 1 atom stereocenters. The lowest BCUT2D eigenvalue weighted by molar-refractivity contribution is 0.507. The van der Waals surface area contributed by atoms with Crippen molar-refractivity contribution in [3.63, 3.8) is 0 Å². The molecule has 2 nitrogen and oxygen atoms in total. The van der Waals surface area contributed by atoms with E-state index in [-0.39, 0.29) is 11.9 Å². The molecular weight excluding hydrogens is 279 g/mol. The Balaban J connectivity index is 1.74. The average molecular weight is 294 g/mol. The van der Waals surface area contributed by atoms with Crippen LogP contribution < -0.4 is 5.32 Å². The summed E-state index contributed by atoms with van der Waals surface area (Å²) in [6.45, 7) is 2.81. The normalized spacial score (nSPS) is 18.3. The minimum absolute atomic E-state index is 0.151. The number of aryl methyl sites for hydroxylation is 1. The monoisotopic (exact) mass is 294 g/mol. The number of aromatic nitrogens is 1.